The van der Waals surface area contributed by atoms with Crippen molar-refractivity contribution in [3.05, 3.63) is 0 Å². The van der Waals surface area contributed by atoms with Gasteiger partial charge in [-0.25, -0.2) is 0 Å². The lowest BCUT2D eigenvalue weighted by atomic mass is 10.2. The fourth-order valence-corrected chi connectivity index (χ4v) is 0.572. The summed E-state index contributed by atoms with van der Waals surface area (Å²) in [6, 6.07) is 0. The molecule has 0 fully saturated rings. The standard InChI is InChI=1S/C6H12O2S2/c1-5(7)8-4-6(2,3)10-9/h9H,4H2,1-3H3. The van der Waals surface area contributed by atoms with Gasteiger partial charge in [-0.05, 0) is 13.8 Å². The van der Waals surface area contributed by atoms with E-state index in [0.29, 0.717) is 6.61 Å². The van der Waals surface area contributed by atoms with Crippen molar-refractivity contribution in [2.75, 3.05) is 6.61 Å². The van der Waals surface area contributed by atoms with E-state index in [4.69, 9.17) is 4.74 Å². The van der Waals surface area contributed by atoms with Crippen LogP contribution in [-0.2, 0) is 9.53 Å². The molecule has 0 aliphatic carbocycles. The molecule has 0 bridgehead atoms. The van der Waals surface area contributed by atoms with Gasteiger partial charge < -0.3 is 4.74 Å². The Morgan fingerprint density at radius 3 is 2.50 bits per heavy atom. The predicted molar refractivity (Wildman–Crippen MR) is 47.3 cm³/mol. The van der Waals surface area contributed by atoms with E-state index < -0.39 is 0 Å². The maximum Gasteiger partial charge on any atom is 0.302 e. The van der Waals surface area contributed by atoms with Gasteiger partial charge in [-0.15, -0.1) is 11.7 Å². The van der Waals surface area contributed by atoms with Gasteiger partial charge in [-0.3, -0.25) is 4.79 Å². The van der Waals surface area contributed by atoms with E-state index in [2.05, 4.69) is 11.7 Å². The molecule has 10 heavy (non-hydrogen) atoms. The monoisotopic (exact) mass is 180 g/mol. The van der Waals surface area contributed by atoms with Gasteiger partial charge in [0.05, 0.1) is 4.75 Å². The van der Waals surface area contributed by atoms with E-state index >= 15 is 0 Å². The second kappa shape index (κ2) is 4.13. The summed E-state index contributed by atoms with van der Waals surface area (Å²) in [5, 5.41) is 0. The van der Waals surface area contributed by atoms with Crippen LogP contribution in [0.3, 0.4) is 0 Å². The summed E-state index contributed by atoms with van der Waals surface area (Å²) in [4.78, 5) is 10.3. The molecule has 0 saturated carbocycles. The quantitative estimate of drug-likeness (QED) is 0.408. The van der Waals surface area contributed by atoms with Crippen molar-refractivity contribution in [1.82, 2.24) is 0 Å². The molecule has 0 unspecified atom stereocenters. The van der Waals surface area contributed by atoms with Crippen LogP contribution in [0.2, 0.25) is 0 Å². The normalized spacial score (nSPS) is 11.2. The van der Waals surface area contributed by atoms with E-state index in [0.717, 1.165) is 0 Å². The third-order valence-corrected chi connectivity index (χ3v) is 2.96. The van der Waals surface area contributed by atoms with Gasteiger partial charge in [0, 0.05) is 6.92 Å². The predicted octanol–water partition coefficient (Wildman–Crippen LogP) is 1.91. The molecule has 0 radical (unpaired) electrons. The highest BCUT2D eigenvalue weighted by Crippen LogP contribution is 2.27. The number of esters is 1. The molecule has 4 heteroatoms. The Hall–Kier alpha value is 0.170. The van der Waals surface area contributed by atoms with Crippen molar-refractivity contribution < 1.29 is 9.53 Å². The molecule has 2 nitrogen and oxygen atoms in total. The van der Waals surface area contributed by atoms with Crippen LogP contribution in [0.15, 0.2) is 0 Å². The lowest BCUT2D eigenvalue weighted by Gasteiger charge is -2.19. The molecule has 0 aliphatic heterocycles. The molecule has 0 rings (SSSR count). The number of ether oxygens (including phenoxy) is 1. The van der Waals surface area contributed by atoms with Crippen molar-refractivity contribution in [3.63, 3.8) is 0 Å². The maximum absolute atomic E-state index is 10.3. The Labute approximate surface area is 70.5 Å². The van der Waals surface area contributed by atoms with Crippen LogP contribution in [0, 0.1) is 0 Å². The molecule has 0 N–H and O–H groups in total. The highest BCUT2D eigenvalue weighted by atomic mass is 33.1. The molecular weight excluding hydrogens is 168 g/mol. The summed E-state index contributed by atoms with van der Waals surface area (Å²) in [6.45, 7) is 5.75. The van der Waals surface area contributed by atoms with Crippen molar-refractivity contribution >= 4 is 28.4 Å². The lowest BCUT2D eigenvalue weighted by molar-refractivity contribution is -0.141. The minimum Gasteiger partial charge on any atom is -0.464 e. The van der Waals surface area contributed by atoms with Crippen LogP contribution in [-0.4, -0.2) is 17.3 Å². The first-order valence-electron chi connectivity index (χ1n) is 2.94. The van der Waals surface area contributed by atoms with Crippen molar-refractivity contribution in [3.8, 4) is 0 Å². The molecule has 60 valence electrons. The zero-order valence-corrected chi connectivity index (χ0v) is 8.09. The summed E-state index contributed by atoms with van der Waals surface area (Å²) in [5.41, 5.74) is 0. The Morgan fingerprint density at radius 1 is 1.70 bits per heavy atom. The van der Waals surface area contributed by atoms with E-state index in [1.165, 1.54) is 17.7 Å². The van der Waals surface area contributed by atoms with Crippen LogP contribution >= 0.6 is 22.5 Å². The van der Waals surface area contributed by atoms with Gasteiger partial charge in [0.25, 0.3) is 0 Å². The average Bonchev–Trinajstić information content (AvgIpc) is 1.85. The molecule has 0 aromatic heterocycles. The van der Waals surface area contributed by atoms with Gasteiger partial charge >= 0.3 is 5.97 Å². The van der Waals surface area contributed by atoms with Crippen LogP contribution in [0.4, 0.5) is 0 Å². The smallest absolute Gasteiger partial charge is 0.302 e. The fourth-order valence-electron chi connectivity index (χ4n) is 0.302. The molecule has 0 spiro atoms. The molecule has 0 aliphatic rings. The van der Waals surface area contributed by atoms with E-state index in [1.54, 1.807) is 0 Å². The average molecular weight is 180 g/mol. The van der Waals surface area contributed by atoms with Crippen LogP contribution < -0.4 is 0 Å². The van der Waals surface area contributed by atoms with Crippen LogP contribution in [0.5, 0.6) is 0 Å². The summed E-state index contributed by atoms with van der Waals surface area (Å²) in [7, 11) is 1.39. The molecule has 0 aromatic carbocycles. The fraction of sp³-hybridized carbons (Fsp3) is 0.833. The SMILES string of the molecule is CC(=O)OCC(C)(C)SS. The van der Waals surface area contributed by atoms with E-state index in [9.17, 15) is 4.79 Å². The summed E-state index contributed by atoms with van der Waals surface area (Å²) < 4.78 is 4.70. The van der Waals surface area contributed by atoms with Crippen molar-refractivity contribution in [2.45, 2.75) is 25.5 Å². The Balaban J connectivity index is 3.56. The van der Waals surface area contributed by atoms with Crippen molar-refractivity contribution in [2.24, 2.45) is 0 Å². The lowest BCUT2D eigenvalue weighted by Crippen LogP contribution is -2.22. The summed E-state index contributed by atoms with van der Waals surface area (Å²) in [5.74, 6) is -0.240. The Bertz CT molecular complexity index is 123. The third-order valence-electron chi connectivity index (χ3n) is 0.870. The van der Waals surface area contributed by atoms with E-state index in [-0.39, 0.29) is 10.7 Å². The molecule has 0 amide bonds. The highest BCUT2D eigenvalue weighted by Gasteiger charge is 2.17. The number of hydrogen-bond acceptors (Lipinski definition) is 4. The van der Waals surface area contributed by atoms with Crippen LogP contribution in [0.25, 0.3) is 0 Å². The zero-order valence-electron chi connectivity index (χ0n) is 6.38. The van der Waals surface area contributed by atoms with Gasteiger partial charge in [-0.1, -0.05) is 10.8 Å². The number of carbonyl (C=O) groups is 1. The molecule has 0 heterocycles. The highest BCUT2D eigenvalue weighted by molar-refractivity contribution is 8.69. The third kappa shape index (κ3) is 4.99. The van der Waals surface area contributed by atoms with Crippen LogP contribution in [0.1, 0.15) is 20.8 Å². The van der Waals surface area contributed by atoms with Gasteiger partial charge in [-0.2, -0.15) is 0 Å². The second-order valence-electron chi connectivity index (χ2n) is 2.63. The zero-order chi connectivity index (χ0) is 8.20. The van der Waals surface area contributed by atoms with E-state index in [1.807, 2.05) is 13.8 Å². The number of carbonyl (C=O) groups excluding carboxylic acids is 1. The molecule has 0 aromatic rings. The Kier molecular flexibility index (Phi) is 4.20. The topological polar surface area (TPSA) is 26.3 Å². The summed E-state index contributed by atoms with van der Waals surface area (Å²) in [6.07, 6.45) is 0. The first-order valence-corrected chi connectivity index (χ1v) is 4.81. The number of rotatable bonds is 3. The van der Waals surface area contributed by atoms with Gasteiger partial charge in [0.2, 0.25) is 0 Å². The second-order valence-corrected chi connectivity index (χ2v) is 4.47. The first-order chi connectivity index (χ1) is 4.48. The Morgan fingerprint density at radius 2 is 2.20 bits per heavy atom. The largest absolute Gasteiger partial charge is 0.464 e. The molecular formula is C6H12O2S2. The molecule has 0 atom stereocenters. The minimum absolute atomic E-state index is 0.0885. The van der Waals surface area contributed by atoms with Crippen molar-refractivity contribution in [1.29, 1.82) is 0 Å². The van der Waals surface area contributed by atoms with Gasteiger partial charge in [0.15, 0.2) is 0 Å². The van der Waals surface area contributed by atoms with Gasteiger partial charge in [0.1, 0.15) is 6.61 Å². The first kappa shape index (κ1) is 10.2. The number of thiol groups is 1. The summed E-state index contributed by atoms with van der Waals surface area (Å²) >= 11 is 4.03. The maximum atomic E-state index is 10.3. The number of hydrogen-bond donors (Lipinski definition) is 1. The molecule has 0 saturated heterocycles. The minimum atomic E-state index is -0.240.